The lowest BCUT2D eigenvalue weighted by molar-refractivity contribution is -0.139. The third-order valence-corrected chi connectivity index (χ3v) is 2.68. The van der Waals surface area contributed by atoms with Gasteiger partial charge in [0, 0.05) is 18.5 Å². The summed E-state index contributed by atoms with van der Waals surface area (Å²) in [6.45, 7) is -0.394. The topological polar surface area (TPSA) is 88.8 Å². The summed E-state index contributed by atoms with van der Waals surface area (Å²) in [4.78, 5) is 22.1. The molecule has 2 rings (SSSR count). The van der Waals surface area contributed by atoms with Crippen LogP contribution in [0.4, 0.5) is 5.69 Å². The molecule has 0 spiro atoms. The van der Waals surface area contributed by atoms with E-state index in [9.17, 15) is 9.59 Å². The van der Waals surface area contributed by atoms with Gasteiger partial charge < -0.3 is 19.6 Å². The summed E-state index contributed by atoms with van der Waals surface area (Å²) in [7, 11) is 0. The molecule has 1 aromatic heterocycles. The first-order chi connectivity index (χ1) is 10.1. The number of ether oxygens (including phenoxy) is 1. The van der Waals surface area contributed by atoms with E-state index in [0.29, 0.717) is 24.3 Å². The molecule has 2 N–H and O–H groups in total. The van der Waals surface area contributed by atoms with Gasteiger partial charge in [0.1, 0.15) is 11.5 Å². The van der Waals surface area contributed by atoms with E-state index in [1.54, 1.807) is 36.6 Å². The van der Waals surface area contributed by atoms with Gasteiger partial charge in [0.15, 0.2) is 6.61 Å². The third kappa shape index (κ3) is 5.02. The van der Waals surface area contributed by atoms with Crippen LogP contribution in [0.2, 0.25) is 0 Å². The molecule has 1 amide bonds. The number of carbonyl (C=O) groups is 2. The van der Waals surface area contributed by atoms with Gasteiger partial charge in [-0.25, -0.2) is 4.79 Å². The Morgan fingerprint density at radius 2 is 1.95 bits per heavy atom. The molecule has 0 aliphatic rings. The molecule has 21 heavy (non-hydrogen) atoms. The number of aliphatic carboxylic acids is 1. The molecule has 110 valence electrons. The second-order valence-corrected chi connectivity index (χ2v) is 4.33. The number of hydrogen-bond donors (Lipinski definition) is 2. The number of benzene rings is 1. The van der Waals surface area contributed by atoms with Crippen LogP contribution >= 0.6 is 0 Å². The van der Waals surface area contributed by atoms with Crippen LogP contribution in [0.3, 0.4) is 0 Å². The van der Waals surface area contributed by atoms with E-state index < -0.39 is 12.6 Å². The number of hydrogen-bond acceptors (Lipinski definition) is 4. The van der Waals surface area contributed by atoms with Gasteiger partial charge in [0.05, 0.1) is 6.26 Å². The van der Waals surface area contributed by atoms with Gasteiger partial charge in [-0.15, -0.1) is 0 Å². The zero-order valence-corrected chi connectivity index (χ0v) is 11.2. The SMILES string of the molecule is O=C(O)COc1ccc(NC(=O)CCc2ccco2)cc1. The van der Waals surface area contributed by atoms with Gasteiger partial charge in [-0.1, -0.05) is 0 Å². The van der Waals surface area contributed by atoms with Crippen molar-refractivity contribution in [3.05, 3.63) is 48.4 Å². The van der Waals surface area contributed by atoms with Crippen molar-refractivity contribution >= 4 is 17.6 Å². The van der Waals surface area contributed by atoms with Crippen LogP contribution in [-0.4, -0.2) is 23.6 Å². The number of aryl methyl sites for hydroxylation is 1. The number of carboxylic acids is 1. The number of furan rings is 1. The molecule has 6 nitrogen and oxygen atoms in total. The third-order valence-electron chi connectivity index (χ3n) is 2.68. The van der Waals surface area contributed by atoms with E-state index in [1.165, 1.54) is 0 Å². The number of nitrogens with one attached hydrogen (secondary N) is 1. The number of anilines is 1. The Kier molecular flexibility index (Phi) is 4.98. The van der Waals surface area contributed by atoms with E-state index in [-0.39, 0.29) is 5.91 Å². The van der Waals surface area contributed by atoms with E-state index in [1.807, 2.05) is 6.07 Å². The van der Waals surface area contributed by atoms with E-state index in [0.717, 1.165) is 5.76 Å². The molecule has 0 bridgehead atoms. The number of carbonyl (C=O) groups excluding carboxylic acids is 1. The van der Waals surface area contributed by atoms with Crippen LogP contribution in [0, 0.1) is 0 Å². The van der Waals surface area contributed by atoms with Crippen LogP contribution in [-0.2, 0) is 16.0 Å². The van der Waals surface area contributed by atoms with Crippen LogP contribution in [0.25, 0.3) is 0 Å². The quantitative estimate of drug-likeness (QED) is 0.816. The molecule has 0 saturated heterocycles. The molecule has 1 aromatic carbocycles. The maximum absolute atomic E-state index is 11.7. The van der Waals surface area contributed by atoms with Crippen molar-refractivity contribution in [2.24, 2.45) is 0 Å². The molecular formula is C15H15NO5. The second kappa shape index (κ2) is 7.14. The van der Waals surface area contributed by atoms with E-state index in [2.05, 4.69) is 5.32 Å². The van der Waals surface area contributed by atoms with Crippen molar-refractivity contribution in [1.82, 2.24) is 0 Å². The Hall–Kier alpha value is -2.76. The minimum atomic E-state index is -1.04. The molecule has 0 aliphatic heterocycles. The van der Waals surface area contributed by atoms with Crippen LogP contribution in [0.15, 0.2) is 47.1 Å². The fraction of sp³-hybridized carbons (Fsp3) is 0.200. The normalized spacial score (nSPS) is 10.1. The average molecular weight is 289 g/mol. The Labute approximate surface area is 121 Å². The lowest BCUT2D eigenvalue weighted by Crippen LogP contribution is -2.12. The maximum Gasteiger partial charge on any atom is 0.341 e. The molecule has 0 unspecified atom stereocenters. The van der Waals surface area contributed by atoms with Crippen molar-refractivity contribution < 1.29 is 23.8 Å². The average Bonchev–Trinajstić information content (AvgIpc) is 2.98. The fourth-order valence-electron chi connectivity index (χ4n) is 1.69. The summed E-state index contributed by atoms with van der Waals surface area (Å²) in [5, 5.41) is 11.2. The fourth-order valence-corrected chi connectivity index (χ4v) is 1.69. The monoisotopic (exact) mass is 289 g/mol. The maximum atomic E-state index is 11.7. The Bertz CT molecular complexity index is 589. The molecule has 0 fully saturated rings. The van der Waals surface area contributed by atoms with Crippen molar-refractivity contribution in [3.8, 4) is 5.75 Å². The minimum Gasteiger partial charge on any atom is -0.482 e. The first kappa shape index (κ1) is 14.6. The first-order valence-electron chi connectivity index (χ1n) is 6.40. The first-order valence-corrected chi connectivity index (χ1v) is 6.40. The van der Waals surface area contributed by atoms with Crippen molar-refractivity contribution in [2.75, 3.05) is 11.9 Å². The van der Waals surface area contributed by atoms with Gasteiger partial charge in [-0.3, -0.25) is 4.79 Å². The van der Waals surface area contributed by atoms with Crippen molar-refractivity contribution in [2.45, 2.75) is 12.8 Å². The summed E-state index contributed by atoms with van der Waals surface area (Å²) in [6.07, 6.45) is 2.44. The number of amides is 1. The highest BCUT2D eigenvalue weighted by Gasteiger charge is 2.05. The van der Waals surface area contributed by atoms with Crippen LogP contribution in [0.5, 0.6) is 5.75 Å². The standard InChI is InChI=1S/C15H15NO5/c17-14(8-7-12-2-1-9-20-12)16-11-3-5-13(6-4-11)21-10-15(18)19/h1-6,9H,7-8,10H2,(H,16,17)(H,18,19). The summed E-state index contributed by atoms with van der Waals surface area (Å²) in [6, 6.07) is 10.1. The second-order valence-electron chi connectivity index (χ2n) is 4.33. The highest BCUT2D eigenvalue weighted by Crippen LogP contribution is 2.16. The highest BCUT2D eigenvalue weighted by atomic mass is 16.5. The largest absolute Gasteiger partial charge is 0.482 e. The minimum absolute atomic E-state index is 0.120. The van der Waals surface area contributed by atoms with Gasteiger partial charge in [0.25, 0.3) is 0 Å². The summed E-state index contributed by atoms with van der Waals surface area (Å²) in [5.41, 5.74) is 0.627. The molecule has 0 aliphatic carbocycles. The Balaban J connectivity index is 1.79. The molecule has 1 heterocycles. The number of carboxylic acid groups (broad SMARTS) is 1. The Morgan fingerprint density at radius 1 is 1.19 bits per heavy atom. The van der Waals surface area contributed by atoms with Crippen molar-refractivity contribution in [3.63, 3.8) is 0 Å². The van der Waals surface area contributed by atoms with Crippen LogP contribution in [0.1, 0.15) is 12.2 Å². The lowest BCUT2D eigenvalue weighted by Gasteiger charge is -2.06. The van der Waals surface area contributed by atoms with Crippen molar-refractivity contribution in [1.29, 1.82) is 0 Å². The summed E-state index contributed by atoms with van der Waals surface area (Å²) in [5.74, 6) is 0.0458. The van der Waals surface area contributed by atoms with Crippen LogP contribution < -0.4 is 10.1 Å². The van der Waals surface area contributed by atoms with Gasteiger partial charge in [-0.2, -0.15) is 0 Å². The zero-order valence-electron chi connectivity index (χ0n) is 11.2. The van der Waals surface area contributed by atoms with Gasteiger partial charge >= 0.3 is 5.97 Å². The molecule has 6 heteroatoms. The smallest absolute Gasteiger partial charge is 0.341 e. The predicted octanol–water partition coefficient (Wildman–Crippen LogP) is 2.31. The van der Waals surface area contributed by atoms with E-state index in [4.69, 9.17) is 14.3 Å². The Morgan fingerprint density at radius 3 is 2.57 bits per heavy atom. The summed E-state index contributed by atoms with van der Waals surface area (Å²) >= 11 is 0. The molecule has 0 atom stereocenters. The number of rotatable bonds is 7. The highest BCUT2D eigenvalue weighted by molar-refractivity contribution is 5.90. The van der Waals surface area contributed by atoms with E-state index >= 15 is 0 Å². The molecule has 0 radical (unpaired) electrons. The molecule has 2 aromatic rings. The predicted molar refractivity (Wildman–Crippen MR) is 75.2 cm³/mol. The zero-order chi connectivity index (χ0) is 15.1. The molecular weight excluding hydrogens is 274 g/mol. The van der Waals surface area contributed by atoms with Gasteiger partial charge in [0.2, 0.25) is 5.91 Å². The lowest BCUT2D eigenvalue weighted by atomic mass is 10.2. The molecule has 0 saturated carbocycles. The summed E-state index contributed by atoms with van der Waals surface area (Å²) < 4.78 is 10.2. The van der Waals surface area contributed by atoms with Gasteiger partial charge in [-0.05, 0) is 36.4 Å².